The predicted octanol–water partition coefficient (Wildman–Crippen LogP) is 14.8. The van der Waals surface area contributed by atoms with E-state index in [0.717, 1.165) is 39.1 Å². The van der Waals surface area contributed by atoms with Crippen LogP contribution in [0.5, 0.6) is 0 Å². The molecule has 12 rings (SSSR count). The summed E-state index contributed by atoms with van der Waals surface area (Å²) in [6.45, 7) is 0. The van der Waals surface area contributed by atoms with E-state index in [0.29, 0.717) is 17.5 Å². The molecule has 0 saturated heterocycles. The molecule has 0 fully saturated rings. The Morgan fingerprint density at radius 2 is 0.689 bits per heavy atom. The van der Waals surface area contributed by atoms with Gasteiger partial charge in [0.25, 0.3) is 0 Å². The van der Waals surface area contributed by atoms with E-state index < -0.39 is 0 Å². The van der Waals surface area contributed by atoms with Gasteiger partial charge < -0.3 is 4.57 Å². The van der Waals surface area contributed by atoms with E-state index in [-0.39, 0.29) is 0 Å². The zero-order valence-electron chi connectivity index (χ0n) is 33.1. The van der Waals surface area contributed by atoms with Crippen LogP contribution < -0.4 is 0 Å². The van der Waals surface area contributed by atoms with Crippen molar-refractivity contribution in [2.45, 2.75) is 0 Å². The number of para-hydroxylation sites is 2. The van der Waals surface area contributed by atoms with Crippen molar-refractivity contribution in [1.82, 2.24) is 19.5 Å². The molecule has 284 valence electrons. The van der Waals surface area contributed by atoms with Crippen LogP contribution in [-0.4, -0.2) is 19.5 Å². The lowest BCUT2D eigenvalue weighted by Gasteiger charge is -2.18. The monoisotopic (exact) mass is 776 g/mol. The van der Waals surface area contributed by atoms with Crippen molar-refractivity contribution in [3.63, 3.8) is 0 Å². The van der Waals surface area contributed by atoms with Crippen molar-refractivity contribution in [3.8, 4) is 62.1 Å². The Morgan fingerprint density at radius 1 is 0.262 bits per heavy atom. The summed E-state index contributed by atoms with van der Waals surface area (Å²) < 4.78 is 2.40. The molecule has 0 bridgehead atoms. The van der Waals surface area contributed by atoms with E-state index in [2.05, 4.69) is 187 Å². The molecule has 12 aromatic rings. The molecule has 0 atom stereocenters. The molecule has 0 unspecified atom stereocenters. The fourth-order valence-corrected chi connectivity index (χ4v) is 9.28. The molecule has 2 heterocycles. The number of nitrogens with zero attached hydrogens (tertiary/aromatic N) is 4. The van der Waals surface area contributed by atoms with E-state index in [4.69, 9.17) is 15.0 Å². The summed E-state index contributed by atoms with van der Waals surface area (Å²) in [6.07, 6.45) is 0. The van der Waals surface area contributed by atoms with Gasteiger partial charge in [-0.2, -0.15) is 0 Å². The highest BCUT2D eigenvalue weighted by atomic mass is 15.0. The first-order valence-corrected chi connectivity index (χ1v) is 20.7. The first-order valence-electron chi connectivity index (χ1n) is 20.7. The van der Waals surface area contributed by atoms with Crippen LogP contribution in [0.4, 0.5) is 0 Å². The molecule has 2 aromatic heterocycles. The highest BCUT2D eigenvalue weighted by molar-refractivity contribution is 6.27. The van der Waals surface area contributed by atoms with Gasteiger partial charge in [0, 0.05) is 33.2 Å². The summed E-state index contributed by atoms with van der Waals surface area (Å²) in [6, 6.07) is 77.8. The number of aromatic nitrogens is 4. The third-order valence-electron chi connectivity index (χ3n) is 12.0. The molecule has 0 aliphatic carbocycles. The van der Waals surface area contributed by atoms with E-state index >= 15 is 0 Å². The lowest BCUT2D eigenvalue weighted by molar-refractivity contribution is 1.07. The molecule has 4 heteroatoms. The van der Waals surface area contributed by atoms with Gasteiger partial charge in [-0.15, -0.1) is 0 Å². The average Bonchev–Trinajstić information content (AvgIpc) is 3.69. The smallest absolute Gasteiger partial charge is 0.164 e. The standard InChI is InChI=1S/C57H36N4/c1-4-18-37(19-5-1)55-58-56(38-20-6-2-7-21-38)60-57(59-55)40-23-16-22-39(34-40)48-35-49-44-28-12-10-26-42(44)43-27-11-13-29-45(43)50(49)36-51(48)46-31-17-33-53-54(46)47-30-14-15-32-52(47)61(53)41-24-8-3-9-25-41/h1-36H. The summed E-state index contributed by atoms with van der Waals surface area (Å²) in [4.78, 5) is 15.2. The van der Waals surface area contributed by atoms with Crippen LogP contribution in [0, 0.1) is 0 Å². The van der Waals surface area contributed by atoms with E-state index in [9.17, 15) is 0 Å². The number of hydrogen-bond donors (Lipinski definition) is 0. The SMILES string of the molecule is c1ccc(-c2nc(-c3ccccc3)nc(-c3cccc(-c4cc5c6ccccc6c6ccccc6c5cc4-c4cccc5c4c4ccccc4n5-c4ccccc4)c3)n2)cc1. The maximum Gasteiger partial charge on any atom is 0.164 e. The second kappa shape index (κ2) is 14.3. The second-order valence-electron chi connectivity index (χ2n) is 15.5. The van der Waals surface area contributed by atoms with Gasteiger partial charge >= 0.3 is 0 Å². The van der Waals surface area contributed by atoms with Crippen molar-refractivity contribution in [1.29, 1.82) is 0 Å². The Hall–Kier alpha value is -8.21. The highest BCUT2D eigenvalue weighted by Crippen LogP contribution is 2.46. The minimum Gasteiger partial charge on any atom is -0.309 e. The van der Waals surface area contributed by atoms with Crippen molar-refractivity contribution in [3.05, 3.63) is 218 Å². The van der Waals surface area contributed by atoms with Crippen LogP contribution in [0.1, 0.15) is 0 Å². The Morgan fingerprint density at radius 3 is 1.30 bits per heavy atom. The van der Waals surface area contributed by atoms with Gasteiger partial charge in [-0.3, -0.25) is 0 Å². The zero-order valence-corrected chi connectivity index (χ0v) is 33.1. The van der Waals surface area contributed by atoms with Crippen LogP contribution in [0.25, 0.3) is 116 Å². The summed E-state index contributed by atoms with van der Waals surface area (Å²) in [5.41, 5.74) is 10.8. The van der Waals surface area contributed by atoms with E-state index in [1.807, 2.05) is 36.4 Å². The van der Waals surface area contributed by atoms with Crippen molar-refractivity contribution >= 4 is 54.1 Å². The van der Waals surface area contributed by atoms with Crippen molar-refractivity contribution in [2.75, 3.05) is 0 Å². The van der Waals surface area contributed by atoms with Crippen molar-refractivity contribution < 1.29 is 0 Å². The minimum absolute atomic E-state index is 0.626. The number of rotatable bonds is 6. The Bertz CT molecular complexity index is 3570. The molecule has 0 N–H and O–H groups in total. The van der Waals surface area contributed by atoms with Crippen LogP contribution in [0.2, 0.25) is 0 Å². The van der Waals surface area contributed by atoms with Crippen molar-refractivity contribution in [2.24, 2.45) is 0 Å². The first kappa shape index (κ1) is 34.8. The van der Waals surface area contributed by atoms with Gasteiger partial charge in [0.15, 0.2) is 17.5 Å². The first-order chi connectivity index (χ1) is 30.3. The van der Waals surface area contributed by atoms with Gasteiger partial charge in [0.05, 0.1) is 11.0 Å². The molecule has 0 saturated carbocycles. The van der Waals surface area contributed by atoms with Crippen LogP contribution >= 0.6 is 0 Å². The van der Waals surface area contributed by atoms with Crippen LogP contribution in [0.15, 0.2) is 218 Å². The summed E-state index contributed by atoms with van der Waals surface area (Å²) >= 11 is 0. The Kier molecular flexibility index (Phi) is 8.13. The quantitative estimate of drug-likeness (QED) is 0.158. The zero-order chi connectivity index (χ0) is 40.3. The Balaban J connectivity index is 1.16. The summed E-state index contributed by atoms with van der Waals surface area (Å²) in [5, 5.41) is 9.86. The number of fused-ring (bicyclic) bond motifs is 9. The topological polar surface area (TPSA) is 43.6 Å². The van der Waals surface area contributed by atoms with Gasteiger partial charge in [-0.25, -0.2) is 15.0 Å². The fourth-order valence-electron chi connectivity index (χ4n) is 9.28. The maximum atomic E-state index is 5.12. The van der Waals surface area contributed by atoms with Gasteiger partial charge in [0.2, 0.25) is 0 Å². The minimum atomic E-state index is 0.626. The predicted molar refractivity (Wildman–Crippen MR) is 254 cm³/mol. The molecule has 0 aliphatic heterocycles. The van der Waals surface area contributed by atoms with Gasteiger partial charge in [0.1, 0.15) is 0 Å². The molecule has 0 aliphatic rings. The van der Waals surface area contributed by atoms with Crippen LogP contribution in [0.3, 0.4) is 0 Å². The molecular weight excluding hydrogens is 741 g/mol. The maximum absolute atomic E-state index is 5.12. The summed E-state index contributed by atoms with van der Waals surface area (Å²) in [7, 11) is 0. The van der Waals surface area contributed by atoms with Crippen LogP contribution in [-0.2, 0) is 0 Å². The number of benzene rings is 10. The largest absolute Gasteiger partial charge is 0.309 e. The molecule has 0 radical (unpaired) electrons. The lowest BCUT2D eigenvalue weighted by Crippen LogP contribution is -2.00. The lowest BCUT2D eigenvalue weighted by atomic mass is 9.86. The molecule has 0 amide bonds. The van der Waals surface area contributed by atoms with E-state index in [1.165, 1.54) is 59.7 Å². The molecule has 0 spiro atoms. The van der Waals surface area contributed by atoms with E-state index in [1.54, 1.807) is 0 Å². The molecular formula is C57H36N4. The molecule has 4 nitrogen and oxygen atoms in total. The van der Waals surface area contributed by atoms with Gasteiger partial charge in [-0.05, 0) is 97.0 Å². The normalized spacial score (nSPS) is 11.6. The molecule has 61 heavy (non-hydrogen) atoms. The number of hydrogen-bond acceptors (Lipinski definition) is 3. The highest BCUT2D eigenvalue weighted by Gasteiger charge is 2.21. The summed E-state index contributed by atoms with van der Waals surface area (Å²) in [5.74, 6) is 1.91. The molecule has 10 aromatic carbocycles. The Labute approximate surface area is 352 Å². The second-order valence-corrected chi connectivity index (χ2v) is 15.5. The fraction of sp³-hybridized carbons (Fsp3) is 0. The average molecular weight is 777 g/mol. The third-order valence-corrected chi connectivity index (χ3v) is 12.0. The van der Waals surface area contributed by atoms with Gasteiger partial charge in [-0.1, -0.05) is 176 Å². The third kappa shape index (κ3) is 5.80.